The van der Waals surface area contributed by atoms with Gasteiger partial charge in [0.05, 0.1) is 18.9 Å². The maximum Gasteiger partial charge on any atom is 0.228 e. The Morgan fingerprint density at radius 3 is 2.72 bits per heavy atom. The number of piperazine rings is 1. The molecule has 2 aromatic rings. The molecule has 0 spiro atoms. The van der Waals surface area contributed by atoms with Gasteiger partial charge in [-0.05, 0) is 24.1 Å². The van der Waals surface area contributed by atoms with Crippen LogP contribution in [0.1, 0.15) is 23.2 Å². The van der Waals surface area contributed by atoms with Gasteiger partial charge in [0, 0.05) is 60.8 Å². The Labute approximate surface area is 169 Å². The number of piperidine rings is 1. The standard InChI is InChI=1S/C21H25N7O/c22-8-14(9-23)13-1-3-15(4-2-13)25-20-18-12-29-6-5-19(18)26-21(27-20)28-16-7-17(28)11-24-10-16/h1-4,8-9,16-17,22,24H,5-7,10-12,23H2,(H,25,26,27)/b14-9+,22-8?. The van der Waals surface area contributed by atoms with Crippen molar-refractivity contribution in [2.45, 2.75) is 31.5 Å². The largest absolute Gasteiger partial charge is 0.404 e. The first-order valence-corrected chi connectivity index (χ1v) is 10.0. The maximum absolute atomic E-state index is 7.45. The molecule has 29 heavy (non-hydrogen) atoms. The lowest BCUT2D eigenvalue weighted by Crippen LogP contribution is -2.68. The molecule has 3 aliphatic heterocycles. The molecule has 150 valence electrons. The van der Waals surface area contributed by atoms with Gasteiger partial charge in [0.15, 0.2) is 0 Å². The van der Waals surface area contributed by atoms with Gasteiger partial charge in [-0.2, -0.15) is 4.98 Å². The topological polar surface area (TPSA) is 112 Å². The van der Waals surface area contributed by atoms with Gasteiger partial charge in [-0.25, -0.2) is 4.98 Å². The Morgan fingerprint density at radius 2 is 2.03 bits per heavy atom. The number of nitrogens with two attached hydrogens (primary N) is 1. The van der Waals surface area contributed by atoms with E-state index in [1.807, 2.05) is 24.3 Å². The number of fused-ring (bicyclic) bond motifs is 3. The number of nitrogens with zero attached hydrogens (tertiary/aromatic N) is 3. The Morgan fingerprint density at radius 1 is 1.24 bits per heavy atom. The molecule has 0 radical (unpaired) electrons. The van der Waals surface area contributed by atoms with Crippen molar-refractivity contribution < 1.29 is 4.74 Å². The minimum atomic E-state index is 0.487. The SMILES string of the molecule is N=C/C(=C\N)c1ccc(Nc2nc(N3C4CNCC3C4)nc3c2COCC3)cc1. The summed E-state index contributed by atoms with van der Waals surface area (Å²) in [6, 6.07) is 8.82. The van der Waals surface area contributed by atoms with Crippen LogP contribution >= 0.6 is 0 Å². The molecular weight excluding hydrogens is 366 g/mol. The molecule has 2 fully saturated rings. The van der Waals surface area contributed by atoms with Crippen LogP contribution in [0.25, 0.3) is 5.57 Å². The molecule has 8 heteroatoms. The summed E-state index contributed by atoms with van der Waals surface area (Å²) in [6.07, 6.45) is 4.72. The number of benzene rings is 1. The van der Waals surface area contributed by atoms with Crippen LogP contribution in [-0.4, -0.2) is 48.0 Å². The van der Waals surface area contributed by atoms with Crippen molar-refractivity contribution in [1.82, 2.24) is 15.3 Å². The monoisotopic (exact) mass is 391 g/mol. The lowest BCUT2D eigenvalue weighted by atomic mass is 9.89. The molecule has 0 saturated carbocycles. The third-order valence-electron chi connectivity index (χ3n) is 5.95. The van der Waals surface area contributed by atoms with E-state index in [4.69, 9.17) is 25.8 Å². The maximum atomic E-state index is 7.45. The van der Waals surface area contributed by atoms with Crippen LogP contribution in [-0.2, 0) is 17.8 Å². The van der Waals surface area contributed by atoms with Crippen molar-refractivity contribution in [3.8, 4) is 0 Å². The van der Waals surface area contributed by atoms with Crippen molar-refractivity contribution in [3.63, 3.8) is 0 Å². The lowest BCUT2D eigenvalue weighted by molar-refractivity contribution is 0.109. The second-order valence-corrected chi connectivity index (χ2v) is 7.68. The highest BCUT2D eigenvalue weighted by atomic mass is 16.5. The Hall–Kier alpha value is -2.97. The second kappa shape index (κ2) is 7.46. The van der Waals surface area contributed by atoms with Gasteiger partial charge in [0.25, 0.3) is 0 Å². The lowest BCUT2D eigenvalue weighted by Gasteiger charge is -2.53. The van der Waals surface area contributed by atoms with Gasteiger partial charge in [-0.15, -0.1) is 0 Å². The number of nitrogens with one attached hydrogen (secondary N) is 3. The molecule has 2 unspecified atom stereocenters. The summed E-state index contributed by atoms with van der Waals surface area (Å²) >= 11 is 0. The normalized spacial score (nSPS) is 23.2. The van der Waals surface area contributed by atoms with Gasteiger partial charge in [0.2, 0.25) is 5.95 Å². The van der Waals surface area contributed by atoms with Crippen LogP contribution in [0.5, 0.6) is 0 Å². The molecule has 2 bridgehead atoms. The minimum Gasteiger partial charge on any atom is -0.404 e. The quantitative estimate of drug-likeness (QED) is 0.575. The molecule has 5 N–H and O–H groups in total. The predicted molar refractivity (Wildman–Crippen MR) is 114 cm³/mol. The van der Waals surface area contributed by atoms with Gasteiger partial charge >= 0.3 is 0 Å². The fourth-order valence-corrected chi connectivity index (χ4v) is 4.36. The molecule has 0 amide bonds. The first kappa shape index (κ1) is 18.1. The molecule has 4 heterocycles. The number of hydrogen-bond donors (Lipinski definition) is 4. The average Bonchev–Trinajstić information content (AvgIpc) is 2.76. The average molecular weight is 391 g/mol. The number of aromatic nitrogens is 2. The summed E-state index contributed by atoms with van der Waals surface area (Å²) in [6.45, 7) is 3.21. The summed E-state index contributed by atoms with van der Waals surface area (Å²) in [5, 5.41) is 14.4. The molecule has 1 aromatic heterocycles. The fraction of sp³-hybridized carbons (Fsp3) is 0.381. The Balaban J connectivity index is 1.46. The summed E-state index contributed by atoms with van der Waals surface area (Å²) in [5.74, 6) is 1.64. The molecule has 5 rings (SSSR count). The van der Waals surface area contributed by atoms with Crippen LogP contribution in [0, 0.1) is 5.41 Å². The fourth-order valence-electron chi connectivity index (χ4n) is 4.36. The Bertz CT molecular complexity index is 942. The molecular formula is C21H25N7O. The zero-order valence-corrected chi connectivity index (χ0v) is 16.2. The van der Waals surface area contributed by atoms with Crippen molar-refractivity contribution in [2.75, 3.05) is 29.9 Å². The van der Waals surface area contributed by atoms with E-state index >= 15 is 0 Å². The van der Waals surface area contributed by atoms with E-state index in [2.05, 4.69) is 15.5 Å². The highest BCUT2D eigenvalue weighted by molar-refractivity contribution is 6.08. The van der Waals surface area contributed by atoms with E-state index in [1.165, 1.54) is 18.8 Å². The van der Waals surface area contributed by atoms with E-state index in [1.54, 1.807) is 0 Å². The number of rotatable bonds is 5. The highest BCUT2D eigenvalue weighted by Gasteiger charge is 2.43. The summed E-state index contributed by atoms with van der Waals surface area (Å²) in [7, 11) is 0. The third-order valence-corrected chi connectivity index (χ3v) is 5.95. The van der Waals surface area contributed by atoms with Crippen LogP contribution in [0.2, 0.25) is 0 Å². The Kier molecular flexibility index (Phi) is 4.65. The van der Waals surface area contributed by atoms with Gasteiger partial charge < -0.3 is 31.4 Å². The van der Waals surface area contributed by atoms with Crippen molar-refractivity contribution in [3.05, 3.63) is 47.3 Å². The molecule has 3 aliphatic rings. The molecule has 1 aromatic carbocycles. The summed E-state index contributed by atoms with van der Waals surface area (Å²) in [5.41, 5.74) is 10.2. The molecule has 8 nitrogen and oxygen atoms in total. The molecule has 2 saturated heterocycles. The zero-order chi connectivity index (χ0) is 19.8. The number of ether oxygens (including phenoxy) is 1. The zero-order valence-electron chi connectivity index (χ0n) is 16.2. The van der Waals surface area contributed by atoms with E-state index < -0.39 is 0 Å². The first-order valence-electron chi connectivity index (χ1n) is 10.0. The van der Waals surface area contributed by atoms with Crippen molar-refractivity contribution in [1.29, 1.82) is 5.41 Å². The highest BCUT2D eigenvalue weighted by Crippen LogP contribution is 2.35. The van der Waals surface area contributed by atoms with Crippen LogP contribution in [0.3, 0.4) is 0 Å². The summed E-state index contributed by atoms with van der Waals surface area (Å²) < 4.78 is 5.68. The van der Waals surface area contributed by atoms with Crippen LogP contribution in [0.4, 0.5) is 17.5 Å². The number of anilines is 3. The van der Waals surface area contributed by atoms with Crippen molar-refractivity contribution >= 4 is 29.2 Å². The smallest absolute Gasteiger partial charge is 0.228 e. The van der Waals surface area contributed by atoms with E-state index in [0.717, 1.165) is 53.8 Å². The van der Waals surface area contributed by atoms with Crippen LogP contribution in [0.15, 0.2) is 30.5 Å². The number of allylic oxidation sites excluding steroid dienone is 1. The van der Waals surface area contributed by atoms with Crippen molar-refractivity contribution in [2.24, 2.45) is 5.73 Å². The van der Waals surface area contributed by atoms with E-state index in [0.29, 0.717) is 30.9 Å². The van der Waals surface area contributed by atoms with Crippen LogP contribution < -0.4 is 21.3 Å². The second-order valence-electron chi connectivity index (χ2n) is 7.68. The third kappa shape index (κ3) is 3.24. The number of hydrogen-bond acceptors (Lipinski definition) is 8. The van der Waals surface area contributed by atoms with E-state index in [9.17, 15) is 0 Å². The molecule has 0 aliphatic carbocycles. The summed E-state index contributed by atoms with van der Waals surface area (Å²) in [4.78, 5) is 12.2. The first-order chi connectivity index (χ1) is 14.3. The minimum absolute atomic E-state index is 0.487. The predicted octanol–water partition coefficient (Wildman–Crippen LogP) is 1.79. The van der Waals surface area contributed by atoms with Gasteiger partial charge in [0.1, 0.15) is 5.82 Å². The van der Waals surface area contributed by atoms with Gasteiger partial charge in [-0.1, -0.05) is 12.1 Å². The van der Waals surface area contributed by atoms with E-state index in [-0.39, 0.29) is 0 Å². The van der Waals surface area contributed by atoms with Gasteiger partial charge in [-0.3, -0.25) is 0 Å². The molecule has 2 atom stereocenters.